The molecule has 1 atom stereocenters. The topological polar surface area (TPSA) is 34.9 Å². The normalized spacial score (nSPS) is 12.7. The van der Waals surface area contributed by atoms with Crippen LogP contribution in [-0.4, -0.2) is 20.6 Å². The molecule has 0 saturated heterocycles. The maximum absolute atomic E-state index is 13.8. The third kappa shape index (κ3) is 4.04. The highest BCUT2D eigenvalue weighted by Gasteiger charge is 2.23. The molecule has 0 fully saturated rings. The Balaban J connectivity index is 2.24. The average Bonchev–Trinajstić information content (AvgIpc) is 2.74. The van der Waals surface area contributed by atoms with Crippen LogP contribution in [0.2, 0.25) is 0 Å². The second kappa shape index (κ2) is 7.47. The average molecular weight is 352 g/mol. The molecule has 1 aromatic carbocycles. The summed E-state index contributed by atoms with van der Waals surface area (Å²) in [6, 6.07) is 3.03. The van der Waals surface area contributed by atoms with E-state index in [0.717, 1.165) is 35.2 Å². The molecule has 24 heavy (non-hydrogen) atoms. The number of aromatic nitrogens is 2. The zero-order chi connectivity index (χ0) is 18.0. The number of hydrogen-bond donors (Lipinski definition) is 0. The van der Waals surface area contributed by atoms with Crippen molar-refractivity contribution in [1.82, 2.24) is 9.55 Å². The molecule has 3 nitrogen and oxygen atoms in total. The molecule has 1 unspecified atom stereocenters. The first-order chi connectivity index (χ1) is 11.2. The molecular weight excluding hydrogens is 330 g/mol. The van der Waals surface area contributed by atoms with Crippen LogP contribution in [0.25, 0.3) is 0 Å². The Hall–Kier alpha value is -1.69. The number of hydrogen-bond acceptors (Lipinski definition) is 3. The van der Waals surface area contributed by atoms with Gasteiger partial charge in [0.1, 0.15) is 11.6 Å². The molecule has 0 aliphatic heterocycles. The lowest BCUT2D eigenvalue weighted by Gasteiger charge is -2.15. The number of ketones is 1. The van der Waals surface area contributed by atoms with Gasteiger partial charge in [-0.15, -0.1) is 0 Å². The lowest BCUT2D eigenvalue weighted by atomic mass is 10.1. The van der Waals surface area contributed by atoms with Crippen LogP contribution < -0.4 is 0 Å². The standard InChI is InChI=1S/C18H22F2N2OS/c1-10(2)9-22-12(4)11(3)21-18(22)24-13(5)17(23)15-7-6-14(19)8-16(15)20/h6-8,10,13H,9H2,1-5H3. The van der Waals surface area contributed by atoms with Crippen LogP contribution in [0.5, 0.6) is 0 Å². The summed E-state index contributed by atoms with van der Waals surface area (Å²) in [5, 5.41) is 0.235. The molecular formula is C18H22F2N2OS. The highest BCUT2D eigenvalue weighted by atomic mass is 32.2. The number of aryl methyl sites for hydroxylation is 1. The molecule has 0 amide bonds. The number of halogens is 2. The first-order valence-corrected chi connectivity index (χ1v) is 8.78. The summed E-state index contributed by atoms with van der Waals surface area (Å²) in [7, 11) is 0. The van der Waals surface area contributed by atoms with E-state index in [1.165, 1.54) is 17.8 Å². The molecule has 0 bridgehead atoms. The van der Waals surface area contributed by atoms with Gasteiger partial charge in [0.15, 0.2) is 10.9 Å². The maximum atomic E-state index is 13.8. The number of benzene rings is 1. The zero-order valence-electron chi connectivity index (χ0n) is 14.6. The minimum atomic E-state index is -0.828. The molecule has 130 valence electrons. The van der Waals surface area contributed by atoms with E-state index in [4.69, 9.17) is 0 Å². The molecule has 0 spiro atoms. The lowest BCUT2D eigenvalue weighted by Crippen LogP contribution is -2.17. The minimum Gasteiger partial charge on any atom is -0.323 e. The zero-order valence-corrected chi connectivity index (χ0v) is 15.4. The van der Waals surface area contributed by atoms with Gasteiger partial charge < -0.3 is 4.57 Å². The fraction of sp³-hybridized carbons (Fsp3) is 0.444. The van der Waals surface area contributed by atoms with Crippen molar-refractivity contribution in [3.8, 4) is 0 Å². The molecule has 0 N–H and O–H groups in total. The van der Waals surface area contributed by atoms with Crippen molar-refractivity contribution >= 4 is 17.5 Å². The summed E-state index contributed by atoms with van der Waals surface area (Å²) in [6.07, 6.45) is 0. The molecule has 0 aliphatic rings. The second-order valence-electron chi connectivity index (χ2n) is 6.32. The summed E-state index contributed by atoms with van der Waals surface area (Å²) in [5.74, 6) is -1.45. The van der Waals surface area contributed by atoms with Gasteiger partial charge in [0.2, 0.25) is 0 Å². The quantitative estimate of drug-likeness (QED) is 0.553. The van der Waals surface area contributed by atoms with Crippen molar-refractivity contribution in [2.45, 2.75) is 51.6 Å². The van der Waals surface area contributed by atoms with Gasteiger partial charge in [0.05, 0.1) is 16.5 Å². The Bertz CT molecular complexity index is 756. The summed E-state index contributed by atoms with van der Waals surface area (Å²) in [4.78, 5) is 17.0. The number of thioether (sulfide) groups is 1. The molecule has 0 radical (unpaired) electrons. The van der Waals surface area contributed by atoms with Gasteiger partial charge in [-0.2, -0.15) is 0 Å². The molecule has 2 aromatic rings. The SMILES string of the molecule is Cc1nc(SC(C)C(=O)c2ccc(F)cc2F)n(CC(C)C)c1C. The second-order valence-corrected chi connectivity index (χ2v) is 7.63. The van der Waals surface area contributed by atoms with Gasteiger partial charge in [0.25, 0.3) is 0 Å². The van der Waals surface area contributed by atoms with Gasteiger partial charge in [-0.1, -0.05) is 25.6 Å². The van der Waals surface area contributed by atoms with Crippen LogP contribution in [0.3, 0.4) is 0 Å². The monoisotopic (exact) mass is 352 g/mol. The van der Waals surface area contributed by atoms with Crippen LogP contribution >= 0.6 is 11.8 Å². The van der Waals surface area contributed by atoms with Crippen LogP contribution in [-0.2, 0) is 6.54 Å². The number of imidazole rings is 1. The Labute approximate surface area is 145 Å². The van der Waals surface area contributed by atoms with Gasteiger partial charge >= 0.3 is 0 Å². The highest BCUT2D eigenvalue weighted by Crippen LogP contribution is 2.28. The van der Waals surface area contributed by atoms with E-state index in [0.29, 0.717) is 5.92 Å². The first kappa shape index (κ1) is 18.6. The van der Waals surface area contributed by atoms with Crippen molar-refractivity contribution in [3.63, 3.8) is 0 Å². The fourth-order valence-corrected chi connectivity index (χ4v) is 3.49. The number of carbonyl (C=O) groups is 1. The molecule has 2 rings (SSSR count). The molecule has 1 aromatic heterocycles. The molecule has 0 aliphatic carbocycles. The number of rotatable bonds is 6. The Kier molecular flexibility index (Phi) is 5.80. The summed E-state index contributed by atoms with van der Waals surface area (Å²) >= 11 is 1.30. The minimum absolute atomic E-state index is 0.0909. The van der Waals surface area contributed by atoms with E-state index in [1.54, 1.807) is 6.92 Å². The van der Waals surface area contributed by atoms with Crippen molar-refractivity contribution < 1.29 is 13.6 Å². The Morgan fingerprint density at radius 1 is 1.25 bits per heavy atom. The number of Topliss-reactive ketones (excluding diaryl/α,β-unsaturated/α-hetero) is 1. The summed E-state index contributed by atoms with van der Waals surface area (Å²) < 4.78 is 28.9. The number of carbonyl (C=O) groups excluding carboxylic acids is 1. The molecule has 0 saturated carbocycles. The predicted molar refractivity (Wildman–Crippen MR) is 92.5 cm³/mol. The van der Waals surface area contributed by atoms with Gasteiger partial charge in [-0.3, -0.25) is 4.79 Å². The Morgan fingerprint density at radius 2 is 1.92 bits per heavy atom. The van der Waals surface area contributed by atoms with Crippen molar-refractivity contribution in [2.24, 2.45) is 5.92 Å². The smallest absolute Gasteiger partial charge is 0.178 e. The van der Waals surface area contributed by atoms with Gasteiger partial charge in [-0.25, -0.2) is 13.8 Å². The van der Waals surface area contributed by atoms with E-state index in [9.17, 15) is 13.6 Å². The van der Waals surface area contributed by atoms with Crippen molar-refractivity contribution in [2.75, 3.05) is 0 Å². The van der Waals surface area contributed by atoms with Crippen LogP contribution in [0, 0.1) is 31.4 Å². The summed E-state index contributed by atoms with van der Waals surface area (Å²) in [5.41, 5.74) is 1.90. The van der Waals surface area contributed by atoms with Crippen LogP contribution in [0.4, 0.5) is 8.78 Å². The Morgan fingerprint density at radius 3 is 2.50 bits per heavy atom. The van der Waals surface area contributed by atoms with E-state index >= 15 is 0 Å². The third-order valence-electron chi connectivity index (χ3n) is 3.82. The largest absolute Gasteiger partial charge is 0.323 e. The number of nitrogens with zero attached hydrogens (tertiary/aromatic N) is 2. The van der Waals surface area contributed by atoms with Gasteiger partial charge in [0, 0.05) is 18.3 Å². The van der Waals surface area contributed by atoms with Crippen LogP contribution in [0.1, 0.15) is 42.5 Å². The molecule has 6 heteroatoms. The van der Waals surface area contributed by atoms with E-state index in [-0.39, 0.29) is 11.3 Å². The predicted octanol–water partition coefficient (Wildman–Crippen LogP) is 4.80. The third-order valence-corrected chi connectivity index (χ3v) is 4.91. The maximum Gasteiger partial charge on any atom is 0.178 e. The van der Waals surface area contributed by atoms with Crippen molar-refractivity contribution in [1.29, 1.82) is 0 Å². The lowest BCUT2D eigenvalue weighted by molar-refractivity contribution is 0.0990. The molecule has 1 heterocycles. The van der Waals surface area contributed by atoms with Crippen molar-refractivity contribution in [3.05, 3.63) is 46.8 Å². The first-order valence-electron chi connectivity index (χ1n) is 7.90. The van der Waals surface area contributed by atoms with Crippen LogP contribution in [0.15, 0.2) is 23.4 Å². The van der Waals surface area contributed by atoms with E-state index in [1.807, 2.05) is 13.8 Å². The summed E-state index contributed by atoms with van der Waals surface area (Å²) in [6.45, 7) is 10.7. The highest BCUT2D eigenvalue weighted by molar-refractivity contribution is 8.00. The van der Waals surface area contributed by atoms with E-state index < -0.39 is 16.9 Å². The fourth-order valence-electron chi connectivity index (χ4n) is 2.41. The van der Waals surface area contributed by atoms with Gasteiger partial charge in [-0.05, 0) is 38.8 Å². The van der Waals surface area contributed by atoms with E-state index in [2.05, 4.69) is 23.4 Å².